The second-order valence-corrected chi connectivity index (χ2v) is 6.39. The number of hydrogen-bond donors (Lipinski definition) is 1. The molecule has 1 heterocycles. The summed E-state index contributed by atoms with van der Waals surface area (Å²) in [5, 5.41) is 8.37. The Morgan fingerprint density at radius 1 is 1.38 bits per heavy atom. The van der Waals surface area contributed by atoms with Crippen molar-refractivity contribution in [2.24, 2.45) is 0 Å². The molecule has 24 heavy (non-hydrogen) atoms. The van der Waals surface area contributed by atoms with E-state index in [2.05, 4.69) is 10.4 Å². The van der Waals surface area contributed by atoms with Crippen molar-refractivity contribution < 1.29 is 9.53 Å². The summed E-state index contributed by atoms with van der Waals surface area (Å²) in [4.78, 5) is 12.0. The lowest BCUT2D eigenvalue weighted by atomic mass is 9.99. The van der Waals surface area contributed by atoms with E-state index < -0.39 is 5.54 Å². The van der Waals surface area contributed by atoms with Gasteiger partial charge >= 0.3 is 5.97 Å². The highest BCUT2D eigenvalue weighted by molar-refractivity contribution is 6.30. The molecule has 0 saturated carbocycles. The maximum absolute atomic E-state index is 12.0. The molecule has 2 aromatic rings. The molecule has 0 aliphatic rings. The van der Waals surface area contributed by atoms with Gasteiger partial charge in [-0.25, -0.2) is 4.68 Å². The van der Waals surface area contributed by atoms with E-state index in [0.717, 1.165) is 16.8 Å². The van der Waals surface area contributed by atoms with Gasteiger partial charge in [0, 0.05) is 12.1 Å². The molecule has 1 aromatic carbocycles. The number of benzene rings is 1. The van der Waals surface area contributed by atoms with E-state index in [9.17, 15) is 4.79 Å². The van der Waals surface area contributed by atoms with E-state index in [0.29, 0.717) is 24.7 Å². The van der Waals surface area contributed by atoms with Gasteiger partial charge in [0.05, 0.1) is 19.3 Å². The summed E-state index contributed by atoms with van der Waals surface area (Å²) in [6.45, 7) is 6.76. The minimum atomic E-state index is -0.744. The second-order valence-electron chi connectivity index (χ2n) is 6.03. The standard InChI is InChI=1S/C18H24ClN3O2/c1-5-18(3,17(23)24-4)20-11-15-13(2)21-22(16(15)19)12-14-9-7-6-8-10-14/h6-10,20H,5,11-12H2,1-4H3/t18-/m0/s1. The first-order chi connectivity index (χ1) is 11.4. The van der Waals surface area contributed by atoms with Crippen LogP contribution in [0.3, 0.4) is 0 Å². The zero-order valence-corrected chi connectivity index (χ0v) is 15.4. The maximum atomic E-state index is 12.0. The van der Waals surface area contributed by atoms with Crippen molar-refractivity contribution in [2.75, 3.05) is 7.11 Å². The number of hydrogen-bond acceptors (Lipinski definition) is 4. The third-order valence-corrected chi connectivity index (χ3v) is 4.78. The van der Waals surface area contributed by atoms with Crippen molar-refractivity contribution in [3.8, 4) is 0 Å². The molecule has 0 bridgehead atoms. The maximum Gasteiger partial charge on any atom is 0.325 e. The highest BCUT2D eigenvalue weighted by atomic mass is 35.5. The summed E-state index contributed by atoms with van der Waals surface area (Å²) in [5.41, 5.74) is 2.14. The summed E-state index contributed by atoms with van der Waals surface area (Å²) >= 11 is 6.51. The van der Waals surface area contributed by atoms with Crippen LogP contribution in [0, 0.1) is 6.92 Å². The van der Waals surface area contributed by atoms with Crippen LogP contribution in [0.4, 0.5) is 0 Å². The molecule has 0 saturated heterocycles. The zero-order chi connectivity index (χ0) is 17.7. The van der Waals surface area contributed by atoms with Crippen molar-refractivity contribution >= 4 is 17.6 Å². The SMILES string of the molecule is CC[C@](C)(NCc1c(C)nn(Cc2ccccc2)c1Cl)C(=O)OC. The third kappa shape index (κ3) is 3.97. The minimum Gasteiger partial charge on any atom is -0.468 e. The highest BCUT2D eigenvalue weighted by Gasteiger charge is 2.32. The smallest absolute Gasteiger partial charge is 0.325 e. The Hall–Kier alpha value is -1.85. The Labute approximate surface area is 148 Å². The molecule has 0 aliphatic heterocycles. The number of aromatic nitrogens is 2. The predicted molar refractivity (Wildman–Crippen MR) is 95.1 cm³/mol. The summed E-state index contributed by atoms with van der Waals surface area (Å²) < 4.78 is 6.67. The Bertz CT molecular complexity index is 700. The number of halogens is 1. The fraction of sp³-hybridized carbons (Fsp3) is 0.444. The third-order valence-electron chi connectivity index (χ3n) is 4.36. The lowest BCUT2D eigenvalue weighted by Gasteiger charge is -2.26. The van der Waals surface area contributed by atoms with Gasteiger partial charge in [-0.05, 0) is 25.8 Å². The largest absolute Gasteiger partial charge is 0.468 e. The first-order valence-electron chi connectivity index (χ1n) is 8.00. The molecule has 0 amide bonds. The lowest BCUT2D eigenvalue weighted by Crippen LogP contribution is -2.49. The van der Waals surface area contributed by atoms with E-state index in [1.54, 1.807) is 4.68 Å². The van der Waals surface area contributed by atoms with Gasteiger partial charge in [-0.3, -0.25) is 10.1 Å². The lowest BCUT2D eigenvalue weighted by molar-refractivity contribution is -0.148. The average molecular weight is 350 g/mol. The van der Waals surface area contributed by atoms with Crippen LogP contribution < -0.4 is 5.32 Å². The Balaban J connectivity index is 2.16. The molecule has 0 fully saturated rings. The van der Waals surface area contributed by atoms with E-state index >= 15 is 0 Å². The molecular weight excluding hydrogens is 326 g/mol. The number of aryl methyl sites for hydroxylation is 1. The van der Waals surface area contributed by atoms with Crippen LogP contribution in [0.5, 0.6) is 0 Å². The van der Waals surface area contributed by atoms with Crippen molar-refractivity contribution in [1.29, 1.82) is 0 Å². The summed E-state index contributed by atoms with van der Waals surface area (Å²) in [6.07, 6.45) is 0.620. The van der Waals surface area contributed by atoms with Crippen LogP contribution in [-0.2, 0) is 22.6 Å². The Morgan fingerprint density at radius 3 is 2.62 bits per heavy atom. The number of nitrogens with one attached hydrogen (secondary N) is 1. The van der Waals surface area contributed by atoms with Crippen LogP contribution in [0.25, 0.3) is 0 Å². The number of esters is 1. The van der Waals surface area contributed by atoms with Gasteiger partial charge in [-0.2, -0.15) is 5.10 Å². The number of methoxy groups -OCH3 is 1. The summed E-state index contributed by atoms with van der Waals surface area (Å²) in [5.74, 6) is -0.282. The first-order valence-corrected chi connectivity index (χ1v) is 8.38. The van der Waals surface area contributed by atoms with E-state index in [-0.39, 0.29) is 5.97 Å². The van der Waals surface area contributed by atoms with Gasteiger partial charge in [0.2, 0.25) is 0 Å². The van der Waals surface area contributed by atoms with E-state index in [1.165, 1.54) is 7.11 Å². The molecule has 1 aromatic heterocycles. The zero-order valence-electron chi connectivity index (χ0n) is 14.6. The molecule has 1 N–H and O–H groups in total. The minimum absolute atomic E-state index is 0.282. The number of rotatable bonds is 7. The molecule has 1 atom stereocenters. The molecule has 0 unspecified atom stereocenters. The quantitative estimate of drug-likeness (QED) is 0.779. The number of nitrogens with zero attached hydrogens (tertiary/aromatic N) is 2. The van der Waals surface area contributed by atoms with Gasteiger partial charge < -0.3 is 4.74 Å². The number of carbonyl (C=O) groups is 1. The molecule has 0 aliphatic carbocycles. The van der Waals surface area contributed by atoms with Crippen LogP contribution in [0.15, 0.2) is 30.3 Å². The van der Waals surface area contributed by atoms with Gasteiger partial charge in [0.1, 0.15) is 10.7 Å². The van der Waals surface area contributed by atoms with E-state index in [4.69, 9.17) is 16.3 Å². The van der Waals surface area contributed by atoms with Crippen molar-refractivity contribution in [3.05, 3.63) is 52.3 Å². The molecule has 130 valence electrons. The molecule has 0 spiro atoms. The van der Waals surface area contributed by atoms with Crippen molar-refractivity contribution in [2.45, 2.75) is 45.8 Å². The molecule has 0 radical (unpaired) electrons. The van der Waals surface area contributed by atoms with Crippen LogP contribution in [0.2, 0.25) is 5.15 Å². The topological polar surface area (TPSA) is 56.2 Å². The fourth-order valence-electron chi connectivity index (χ4n) is 2.50. The van der Waals surface area contributed by atoms with Crippen LogP contribution >= 0.6 is 11.6 Å². The first kappa shape index (κ1) is 18.5. The monoisotopic (exact) mass is 349 g/mol. The van der Waals surface area contributed by atoms with Gasteiger partial charge in [0.15, 0.2) is 0 Å². The summed E-state index contributed by atoms with van der Waals surface area (Å²) in [6, 6.07) is 10.0. The van der Waals surface area contributed by atoms with Gasteiger partial charge in [-0.1, -0.05) is 48.9 Å². The fourth-order valence-corrected chi connectivity index (χ4v) is 2.80. The number of ether oxygens (including phenoxy) is 1. The Kier molecular flexibility index (Phi) is 6.02. The number of carbonyl (C=O) groups excluding carboxylic acids is 1. The average Bonchev–Trinajstić information content (AvgIpc) is 2.86. The van der Waals surface area contributed by atoms with Crippen LogP contribution in [-0.4, -0.2) is 28.4 Å². The molecule has 2 rings (SSSR count). The second kappa shape index (κ2) is 7.81. The Morgan fingerprint density at radius 2 is 2.04 bits per heavy atom. The predicted octanol–water partition coefficient (Wildman–Crippen LogP) is 3.32. The van der Waals surface area contributed by atoms with Crippen molar-refractivity contribution in [3.63, 3.8) is 0 Å². The molecule has 5 nitrogen and oxygen atoms in total. The van der Waals surface area contributed by atoms with Gasteiger partial charge in [-0.15, -0.1) is 0 Å². The molecule has 6 heteroatoms. The van der Waals surface area contributed by atoms with E-state index in [1.807, 2.05) is 51.1 Å². The highest BCUT2D eigenvalue weighted by Crippen LogP contribution is 2.22. The van der Waals surface area contributed by atoms with Gasteiger partial charge in [0.25, 0.3) is 0 Å². The van der Waals surface area contributed by atoms with Crippen molar-refractivity contribution in [1.82, 2.24) is 15.1 Å². The van der Waals surface area contributed by atoms with Crippen LogP contribution in [0.1, 0.15) is 37.1 Å². The molecular formula is C18H24ClN3O2. The summed E-state index contributed by atoms with van der Waals surface area (Å²) in [7, 11) is 1.40. The normalized spacial score (nSPS) is 13.5.